The largest absolute Gasteiger partial charge is 0.492 e. The van der Waals surface area contributed by atoms with Gasteiger partial charge in [0.25, 0.3) is 0 Å². The van der Waals surface area contributed by atoms with Gasteiger partial charge in [0.15, 0.2) is 11.5 Å². The van der Waals surface area contributed by atoms with Crippen LogP contribution in [0.5, 0.6) is 17.2 Å². The maximum absolute atomic E-state index is 12.2. The molecule has 2 aromatic carbocycles. The summed E-state index contributed by atoms with van der Waals surface area (Å²) in [5.74, 6) is 1.80. The highest BCUT2D eigenvalue weighted by atomic mass is 35.5. The molecule has 1 aliphatic rings. The number of ether oxygens (including phenoxy) is 3. The standard InChI is InChI=1S/C15H13Cl2NO5S/c16-11-2-1-3-14(15(11)17)24(19,20)18-6-7-21-10-4-5-12-13(8-10)23-9-22-12/h1-5,8,18H,6-7,9H2. The summed E-state index contributed by atoms with van der Waals surface area (Å²) in [6.45, 7) is 0.385. The summed E-state index contributed by atoms with van der Waals surface area (Å²) in [4.78, 5) is -0.0697. The van der Waals surface area contributed by atoms with Crippen LogP contribution in [-0.4, -0.2) is 28.4 Å². The second-order valence-corrected chi connectivity index (χ2v) is 7.33. The van der Waals surface area contributed by atoms with Crippen LogP contribution in [0.1, 0.15) is 0 Å². The Bertz CT molecular complexity index is 857. The number of nitrogens with one attached hydrogen (secondary N) is 1. The summed E-state index contributed by atoms with van der Waals surface area (Å²) in [7, 11) is -3.77. The van der Waals surface area contributed by atoms with Crippen molar-refractivity contribution in [2.75, 3.05) is 19.9 Å². The van der Waals surface area contributed by atoms with Crippen LogP contribution in [0.25, 0.3) is 0 Å². The van der Waals surface area contributed by atoms with E-state index in [0.29, 0.717) is 17.2 Å². The molecule has 0 amide bonds. The van der Waals surface area contributed by atoms with Gasteiger partial charge in [-0.1, -0.05) is 29.3 Å². The van der Waals surface area contributed by atoms with E-state index in [4.69, 9.17) is 37.4 Å². The van der Waals surface area contributed by atoms with Crippen molar-refractivity contribution < 1.29 is 22.6 Å². The lowest BCUT2D eigenvalue weighted by Gasteiger charge is -2.10. The molecule has 0 fully saturated rings. The molecule has 0 aromatic heterocycles. The van der Waals surface area contributed by atoms with Crippen LogP contribution in [0.15, 0.2) is 41.3 Å². The number of sulfonamides is 1. The second-order valence-electron chi connectivity index (χ2n) is 4.81. The van der Waals surface area contributed by atoms with Gasteiger partial charge in [0, 0.05) is 12.6 Å². The zero-order valence-corrected chi connectivity index (χ0v) is 14.6. The van der Waals surface area contributed by atoms with Gasteiger partial charge in [-0.15, -0.1) is 0 Å². The van der Waals surface area contributed by atoms with Crippen molar-refractivity contribution >= 4 is 33.2 Å². The molecule has 0 saturated heterocycles. The fraction of sp³-hybridized carbons (Fsp3) is 0.200. The Morgan fingerprint density at radius 2 is 1.92 bits per heavy atom. The van der Waals surface area contributed by atoms with E-state index in [1.54, 1.807) is 18.2 Å². The van der Waals surface area contributed by atoms with Gasteiger partial charge in [-0.25, -0.2) is 13.1 Å². The zero-order valence-electron chi connectivity index (χ0n) is 12.3. The van der Waals surface area contributed by atoms with E-state index in [1.165, 1.54) is 18.2 Å². The molecule has 3 rings (SSSR count). The predicted molar refractivity (Wildman–Crippen MR) is 89.7 cm³/mol. The topological polar surface area (TPSA) is 73.9 Å². The maximum atomic E-state index is 12.2. The molecule has 1 heterocycles. The first-order valence-corrected chi connectivity index (χ1v) is 9.17. The van der Waals surface area contributed by atoms with Crippen molar-refractivity contribution in [1.29, 1.82) is 0 Å². The number of benzene rings is 2. The van der Waals surface area contributed by atoms with Gasteiger partial charge >= 0.3 is 0 Å². The summed E-state index contributed by atoms with van der Waals surface area (Å²) in [5.41, 5.74) is 0. The van der Waals surface area contributed by atoms with Gasteiger partial charge in [0.2, 0.25) is 16.8 Å². The molecule has 0 radical (unpaired) electrons. The average molecular weight is 390 g/mol. The van der Waals surface area contributed by atoms with Crippen LogP contribution in [0, 0.1) is 0 Å². The van der Waals surface area contributed by atoms with Gasteiger partial charge in [-0.05, 0) is 24.3 Å². The van der Waals surface area contributed by atoms with E-state index in [1.807, 2.05) is 0 Å². The molecule has 2 aromatic rings. The predicted octanol–water partition coefficient (Wildman–Crippen LogP) is 3.08. The summed E-state index contributed by atoms with van der Waals surface area (Å²) >= 11 is 11.8. The summed E-state index contributed by atoms with van der Waals surface area (Å²) < 4.78 is 42.8. The molecule has 1 aliphatic heterocycles. The molecule has 0 saturated carbocycles. The van der Waals surface area contributed by atoms with Crippen molar-refractivity contribution in [1.82, 2.24) is 4.72 Å². The third-order valence-corrected chi connectivity index (χ3v) is 5.65. The Kier molecular flexibility index (Phi) is 5.05. The third-order valence-electron chi connectivity index (χ3n) is 3.21. The Labute approximate surface area is 149 Å². The highest BCUT2D eigenvalue weighted by molar-refractivity contribution is 7.89. The van der Waals surface area contributed by atoms with Gasteiger partial charge in [-0.2, -0.15) is 0 Å². The van der Waals surface area contributed by atoms with Crippen molar-refractivity contribution in [3.05, 3.63) is 46.4 Å². The van der Waals surface area contributed by atoms with Gasteiger partial charge < -0.3 is 14.2 Å². The van der Waals surface area contributed by atoms with Crippen molar-refractivity contribution in [3.63, 3.8) is 0 Å². The zero-order chi connectivity index (χ0) is 17.2. The molecule has 6 nitrogen and oxygen atoms in total. The minimum absolute atomic E-state index is 0.0108. The number of rotatable bonds is 6. The van der Waals surface area contributed by atoms with E-state index in [9.17, 15) is 8.42 Å². The van der Waals surface area contributed by atoms with E-state index >= 15 is 0 Å². The molecular weight excluding hydrogens is 377 g/mol. The lowest BCUT2D eigenvalue weighted by atomic mass is 10.3. The normalized spacial score (nSPS) is 13.1. The molecule has 0 unspecified atom stereocenters. The molecule has 0 bridgehead atoms. The minimum Gasteiger partial charge on any atom is -0.492 e. The second kappa shape index (κ2) is 7.06. The highest BCUT2D eigenvalue weighted by Crippen LogP contribution is 2.35. The van der Waals surface area contributed by atoms with Crippen LogP contribution < -0.4 is 18.9 Å². The monoisotopic (exact) mass is 389 g/mol. The van der Waals surface area contributed by atoms with Gasteiger partial charge in [0.05, 0.1) is 10.0 Å². The first-order chi connectivity index (χ1) is 11.5. The minimum atomic E-state index is -3.77. The van der Waals surface area contributed by atoms with Crippen molar-refractivity contribution in [3.8, 4) is 17.2 Å². The number of hydrogen-bond donors (Lipinski definition) is 1. The van der Waals surface area contributed by atoms with Gasteiger partial charge in [-0.3, -0.25) is 0 Å². The Morgan fingerprint density at radius 1 is 1.12 bits per heavy atom. The smallest absolute Gasteiger partial charge is 0.242 e. The summed E-state index contributed by atoms with van der Waals surface area (Å²) in [6.07, 6.45) is 0. The van der Waals surface area contributed by atoms with Crippen molar-refractivity contribution in [2.24, 2.45) is 0 Å². The Balaban J connectivity index is 1.57. The number of halogens is 2. The van der Waals surface area contributed by atoms with E-state index in [0.717, 1.165) is 0 Å². The first-order valence-electron chi connectivity index (χ1n) is 6.93. The fourth-order valence-corrected chi connectivity index (χ4v) is 3.85. The Morgan fingerprint density at radius 3 is 2.75 bits per heavy atom. The quantitative estimate of drug-likeness (QED) is 0.768. The SMILES string of the molecule is O=S(=O)(NCCOc1ccc2c(c1)OCO2)c1cccc(Cl)c1Cl. The average Bonchev–Trinajstić information content (AvgIpc) is 3.01. The van der Waals surface area contributed by atoms with Crippen LogP contribution in [-0.2, 0) is 10.0 Å². The molecule has 9 heteroatoms. The van der Waals surface area contributed by atoms with E-state index in [-0.39, 0.29) is 34.9 Å². The molecule has 1 N–H and O–H groups in total. The third kappa shape index (κ3) is 3.70. The highest BCUT2D eigenvalue weighted by Gasteiger charge is 2.19. The Hall–Kier alpha value is -1.67. The molecule has 128 valence electrons. The fourth-order valence-electron chi connectivity index (χ4n) is 2.08. The maximum Gasteiger partial charge on any atom is 0.242 e. The summed E-state index contributed by atoms with van der Waals surface area (Å²) in [5, 5.41) is 0.166. The van der Waals surface area contributed by atoms with Crippen LogP contribution in [0.3, 0.4) is 0 Å². The molecule has 0 aliphatic carbocycles. The van der Waals surface area contributed by atoms with Crippen LogP contribution in [0.2, 0.25) is 10.0 Å². The molecule has 0 atom stereocenters. The van der Waals surface area contributed by atoms with E-state index < -0.39 is 10.0 Å². The first kappa shape index (κ1) is 17.2. The molecule has 24 heavy (non-hydrogen) atoms. The van der Waals surface area contributed by atoms with Crippen LogP contribution in [0.4, 0.5) is 0 Å². The molecule has 0 spiro atoms. The molecular formula is C15H13Cl2NO5S. The summed E-state index contributed by atoms with van der Waals surface area (Å²) in [6, 6.07) is 9.56. The van der Waals surface area contributed by atoms with Crippen LogP contribution >= 0.6 is 23.2 Å². The van der Waals surface area contributed by atoms with Gasteiger partial charge in [0.1, 0.15) is 17.3 Å². The number of hydrogen-bond acceptors (Lipinski definition) is 5. The van der Waals surface area contributed by atoms with Crippen molar-refractivity contribution in [2.45, 2.75) is 4.90 Å². The lowest BCUT2D eigenvalue weighted by molar-refractivity contribution is 0.173. The van der Waals surface area contributed by atoms with E-state index in [2.05, 4.69) is 4.72 Å². The lowest BCUT2D eigenvalue weighted by Crippen LogP contribution is -2.28. The number of fused-ring (bicyclic) bond motifs is 1.